The Balaban J connectivity index is 0. The van der Waals surface area contributed by atoms with E-state index >= 15 is 0 Å². The molecule has 0 aliphatic carbocycles. The summed E-state index contributed by atoms with van der Waals surface area (Å²) in [5, 5.41) is 16.7. The molecule has 0 bridgehead atoms. The smallest absolute Gasteiger partial charge is 0.829 e. The summed E-state index contributed by atoms with van der Waals surface area (Å²) >= 11 is 0. The first-order valence-corrected chi connectivity index (χ1v) is 5.08. The van der Waals surface area contributed by atoms with Crippen LogP contribution in [0.5, 0.6) is 0 Å². The second-order valence-corrected chi connectivity index (χ2v) is 3.94. The van der Waals surface area contributed by atoms with Gasteiger partial charge in [0.15, 0.2) is 0 Å². The van der Waals surface area contributed by atoms with Gasteiger partial charge in [-0.1, -0.05) is 0 Å². The van der Waals surface area contributed by atoms with Gasteiger partial charge < -0.3 is 15.1 Å². The Morgan fingerprint density at radius 3 is 1.64 bits per heavy atom. The van der Waals surface area contributed by atoms with Gasteiger partial charge in [-0.25, -0.2) is 8.15 Å². The van der Waals surface area contributed by atoms with Crippen LogP contribution in [0.1, 0.15) is 12.8 Å². The van der Waals surface area contributed by atoms with Gasteiger partial charge in [-0.3, -0.25) is 0 Å². The molecule has 0 atom stereocenters. The molecule has 62 valence electrons. The van der Waals surface area contributed by atoms with Crippen LogP contribution in [0.25, 0.3) is 0 Å². The predicted octanol–water partition coefficient (Wildman–Crippen LogP) is -3.49. The van der Waals surface area contributed by atoms with E-state index in [1.807, 2.05) is 0 Å². The van der Waals surface area contributed by atoms with E-state index in [0.717, 1.165) is 0 Å². The summed E-state index contributed by atoms with van der Waals surface area (Å²) in [6.45, 7) is 0.223. The SMILES string of the molecule is [Na+].[O-]P(CCCO)CCCO. The Labute approximate surface area is 90.9 Å². The summed E-state index contributed by atoms with van der Waals surface area (Å²) in [5.74, 6) is 0. The molecule has 0 aromatic heterocycles. The van der Waals surface area contributed by atoms with E-state index in [-0.39, 0.29) is 42.8 Å². The monoisotopic (exact) mass is 188 g/mol. The topological polar surface area (TPSA) is 63.5 Å². The fourth-order valence-corrected chi connectivity index (χ4v) is 1.82. The van der Waals surface area contributed by atoms with Crippen molar-refractivity contribution in [2.45, 2.75) is 12.8 Å². The molecule has 0 amide bonds. The molecule has 0 saturated heterocycles. The average molecular weight is 188 g/mol. The molecular weight excluding hydrogens is 174 g/mol. The first-order valence-electron chi connectivity index (χ1n) is 3.45. The molecule has 5 heteroatoms. The van der Waals surface area contributed by atoms with Gasteiger partial charge in [0.2, 0.25) is 0 Å². The van der Waals surface area contributed by atoms with Gasteiger partial charge in [0, 0.05) is 13.2 Å². The molecule has 0 heterocycles. The van der Waals surface area contributed by atoms with Crippen LogP contribution in [-0.4, -0.2) is 35.8 Å². The summed E-state index contributed by atoms with van der Waals surface area (Å²) in [6, 6.07) is 0. The minimum atomic E-state index is -1.16. The second-order valence-electron chi connectivity index (χ2n) is 2.08. The molecule has 2 N–H and O–H groups in total. The van der Waals surface area contributed by atoms with Gasteiger partial charge in [0.05, 0.1) is 0 Å². The zero-order valence-corrected chi connectivity index (χ0v) is 9.89. The Bertz CT molecular complexity index is 66.8. The average Bonchev–Trinajstić information content (AvgIpc) is 1.97. The standard InChI is InChI=1S/C6H14O3P.Na/c7-3-1-5-10(9)6-2-4-8;/h7-8H,1-6H2;/q-1;+1. The van der Waals surface area contributed by atoms with E-state index < -0.39 is 8.15 Å². The van der Waals surface area contributed by atoms with Crippen molar-refractivity contribution in [2.75, 3.05) is 25.5 Å². The molecular formula is C6H14NaO3P. The molecule has 0 aromatic rings. The van der Waals surface area contributed by atoms with Gasteiger partial charge in [-0.2, -0.15) is 0 Å². The third kappa shape index (κ3) is 11.3. The summed E-state index contributed by atoms with van der Waals surface area (Å²) in [5.41, 5.74) is 0. The first-order chi connectivity index (χ1) is 4.81. The van der Waals surface area contributed by atoms with Crippen molar-refractivity contribution in [1.29, 1.82) is 0 Å². The quantitative estimate of drug-likeness (QED) is 0.336. The van der Waals surface area contributed by atoms with E-state index in [1.165, 1.54) is 0 Å². The molecule has 11 heavy (non-hydrogen) atoms. The Morgan fingerprint density at radius 1 is 1.00 bits per heavy atom. The molecule has 0 aliphatic rings. The van der Waals surface area contributed by atoms with Crippen LogP contribution >= 0.6 is 8.15 Å². The summed E-state index contributed by atoms with van der Waals surface area (Å²) < 4.78 is 0. The van der Waals surface area contributed by atoms with Crippen LogP contribution in [0.2, 0.25) is 0 Å². The molecule has 0 rings (SSSR count). The first kappa shape index (κ1) is 14.8. The molecule has 3 nitrogen and oxygen atoms in total. The van der Waals surface area contributed by atoms with Crippen molar-refractivity contribution in [3.63, 3.8) is 0 Å². The van der Waals surface area contributed by atoms with E-state index in [2.05, 4.69) is 0 Å². The third-order valence-corrected chi connectivity index (χ3v) is 2.76. The zero-order valence-electron chi connectivity index (χ0n) is 6.99. The van der Waals surface area contributed by atoms with Gasteiger partial charge in [-0.05, 0) is 25.2 Å². The number of aliphatic hydroxyl groups excluding tert-OH is 2. The van der Waals surface area contributed by atoms with Gasteiger partial charge in [-0.15, -0.1) is 0 Å². The van der Waals surface area contributed by atoms with Crippen LogP contribution in [0, 0.1) is 0 Å². The number of hydrogen-bond donors (Lipinski definition) is 2. The summed E-state index contributed by atoms with van der Waals surface area (Å²) in [6.07, 6.45) is 2.40. The maximum absolute atomic E-state index is 10.9. The van der Waals surface area contributed by atoms with Crippen molar-refractivity contribution >= 4 is 8.15 Å². The Morgan fingerprint density at radius 2 is 1.36 bits per heavy atom. The molecule has 0 unspecified atom stereocenters. The number of aliphatic hydroxyl groups is 2. The normalized spacial score (nSPS) is 9.82. The Kier molecular flexibility index (Phi) is 15.2. The minimum absolute atomic E-state index is 0. The van der Waals surface area contributed by atoms with Crippen molar-refractivity contribution in [3.05, 3.63) is 0 Å². The molecule has 0 aromatic carbocycles. The van der Waals surface area contributed by atoms with Gasteiger partial charge >= 0.3 is 29.6 Å². The largest absolute Gasteiger partial charge is 1.00 e. The van der Waals surface area contributed by atoms with E-state index in [9.17, 15) is 4.89 Å². The number of rotatable bonds is 6. The predicted molar refractivity (Wildman–Crippen MR) is 40.1 cm³/mol. The zero-order chi connectivity index (χ0) is 7.82. The van der Waals surface area contributed by atoms with Crippen molar-refractivity contribution in [3.8, 4) is 0 Å². The molecule has 0 spiro atoms. The van der Waals surface area contributed by atoms with Crippen molar-refractivity contribution in [1.82, 2.24) is 0 Å². The fourth-order valence-electron chi connectivity index (χ4n) is 0.606. The van der Waals surface area contributed by atoms with Gasteiger partial charge in [0.25, 0.3) is 0 Å². The molecule has 0 fully saturated rings. The van der Waals surface area contributed by atoms with Crippen LogP contribution < -0.4 is 34.5 Å². The maximum Gasteiger partial charge on any atom is 1.00 e. The minimum Gasteiger partial charge on any atom is -0.829 e. The summed E-state index contributed by atoms with van der Waals surface area (Å²) in [4.78, 5) is 10.9. The van der Waals surface area contributed by atoms with E-state index in [0.29, 0.717) is 25.2 Å². The molecule has 0 aliphatic heterocycles. The summed E-state index contributed by atoms with van der Waals surface area (Å²) in [7, 11) is -1.16. The van der Waals surface area contributed by atoms with Crippen LogP contribution in [0.15, 0.2) is 0 Å². The van der Waals surface area contributed by atoms with Crippen LogP contribution in [0.4, 0.5) is 0 Å². The fraction of sp³-hybridized carbons (Fsp3) is 1.00. The Hall–Kier alpha value is 1.31. The van der Waals surface area contributed by atoms with E-state index in [4.69, 9.17) is 10.2 Å². The van der Waals surface area contributed by atoms with Crippen molar-refractivity contribution < 1.29 is 44.7 Å². The molecule has 0 radical (unpaired) electrons. The van der Waals surface area contributed by atoms with Crippen LogP contribution in [0.3, 0.4) is 0 Å². The number of hydrogen-bond acceptors (Lipinski definition) is 3. The second kappa shape index (κ2) is 11.3. The third-order valence-electron chi connectivity index (χ3n) is 1.13. The van der Waals surface area contributed by atoms with E-state index in [1.54, 1.807) is 0 Å². The molecule has 0 saturated carbocycles. The van der Waals surface area contributed by atoms with Gasteiger partial charge in [0.1, 0.15) is 0 Å². The van der Waals surface area contributed by atoms with Crippen LogP contribution in [-0.2, 0) is 0 Å². The van der Waals surface area contributed by atoms with Crippen molar-refractivity contribution in [2.24, 2.45) is 0 Å². The maximum atomic E-state index is 10.9.